The molecule has 1 aliphatic rings. The molecule has 1 saturated heterocycles. The molecule has 1 fully saturated rings. The molecule has 0 aliphatic carbocycles. The summed E-state index contributed by atoms with van der Waals surface area (Å²) in [6.07, 6.45) is 0. The van der Waals surface area contributed by atoms with Crippen molar-refractivity contribution in [3.63, 3.8) is 0 Å². The molecule has 2 aromatic carbocycles. The summed E-state index contributed by atoms with van der Waals surface area (Å²) in [6.45, 7) is 7.56. The average Bonchev–Trinajstić information content (AvgIpc) is 3.27. The predicted molar refractivity (Wildman–Crippen MR) is 117 cm³/mol. The molecular weight excluding hydrogens is 358 g/mol. The second-order valence-electron chi connectivity index (χ2n) is 8.13. The fourth-order valence-electron chi connectivity index (χ4n) is 4.69. The monoisotopic (exact) mass is 387 g/mol. The maximum atomic E-state index is 13.4. The number of hydrogen-bond donors (Lipinski definition) is 1. The lowest BCUT2D eigenvalue weighted by Crippen LogP contribution is -2.32. The number of aryl methyl sites for hydroxylation is 1. The maximum absolute atomic E-state index is 13.4. The van der Waals surface area contributed by atoms with Crippen molar-refractivity contribution in [1.29, 1.82) is 0 Å². The van der Waals surface area contributed by atoms with Gasteiger partial charge in [0.05, 0.1) is 11.6 Å². The van der Waals surface area contributed by atoms with Crippen molar-refractivity contribution >= 4 is 5.91 Å². The zero-order valence-corrected chi connectivity index (χ0v) is 17.4. The Labute approximate surface area is 173 Å². The van der Waals surface area contributed by atoms with Gasteiger partial charge < -0.3 is 15.2 Å². The third-order valence-corrected chi connectivity index (χ3v) is 6.26. The van der Waals surface area contributed by atoms with Crippen LogP contribution in [0.15, 0.2) is 66.7 Å². The predicted octanol–water partition coefficient (Wildman–Crippen LogP) is 4.28. The Balaban J connectivity index is 1.59. The maximum Gasteiger partial charge on any atom is 0.255 e. The van der Waals surface area contributed by atoms with Crippen LogP contribution in [0.5, 0.6) is 0 Å². The highest BCUT2D eigenvalue weighted by Crippen LogP contribution is 2.30. The Morgan fingerprint density at radius 1 is 1.00 bits per heavy atom. The first-order valence-corrected chi connectivity index (χ1v) is 10.3. The second kappa shape index (κ2) is 7.88. The van der Waals surface area contributed by atoms with Crippen LogP contribution >= 0.6 is 0 Å². The van der Waals surface area contributed by atoms with Crippen molar-refractivity contribution in [2.75, 3.05) is 13.1 Å². The summed E-state index contributed by atoms with van der Waals surface area (Å²) in [5.74, 6) is 0.269. The molecule has 0 radical (unpaired) electrons. The SMILES string of the molecule is Cc1cc(C(=O)N2C[C@@H](N)[C@H](c3ccccc3)C2)c(C)n1C(C)c1ccccc1. The Kier molecular flexibility index (Phi) is 5.29. The molecule has 29 heavy (non-hydrogen) atoms. The first-order valence-electron chi connectivity index (χ1n) is 10.3. The van der Waals surface area contributed by atoms with Crippen molar-refractivity contribution in [2.45, 2.75) is 38.8 Å². The summed E-state index contributed by atoms with van der Waals surface area (Å²) >= 11 is 0. The zero-order valence-electron chi connectivity index (χ0n) is 17.4. The molecule has 1 unspecified atom stereocenters. The highest BCUT2D eigenvalue weighted by molar-refractivity contribution is 5.96. The summed E-state index contributed by atoms with van der Waals surface area (Å²) in [5, 5.41) is 0. The second-order valence-corrected chi connectivity index (χ2v) is 8.13. The van der Waals surface area contributed by atoms with E-state index in [0.717, 1.165) is 17.0 Å². The van der Waals surface area contributed by atoms with E-state index in [0.29, 0.717) is 13.1 Å². The molecule has 4 rings (SSSR count). The van der Waals surface area contributed by atoms with Crippen LogP contribution in [0.4, 0.5) is 0 Å². The first-order chi connectivity index (χ1) is 14.0. The van der Waals surface area contributed by atoms with Crippen LogP contribution in [0, 0.1) is 13.8 Å². The van der Waals surface area contributed by atoms with E-state index in [1.807, 2.05) is 42.2 Å². The Bertz CT molecular complexity index is 994. The van der Waals surface area contributed by atoms with E-state index in [1.165, 1.54) is 11.1 Å². The molecule has 0 saturated carbocycles. The molecule has 150 valence electrons. The van der Waals surface area contributed by atoms with Crippen LogP contribution in [0.25, 0.3) is 0 Å². The molecule has 1 aliphatic heterocycles. The zero-order chi connectivity index (χ0) is 20.5. The quantitative estimate of drug-likeness (QED) is 0.726. The van der Waals surface area contributed by atoms with E-state index in [-0.39, 0.29) is 23.9 Å². The van der Waals surface area contributed by atoms with Gasteiger partial charge in [0.15, 0.2) is 0 Å². The number of amides is 1. The summed E-state index contributed by atoms with van der Waals surface area (Å²) in [4.78, 5) is 15.3. The van der Waals surface area contributed by atoms with Gasteiger partial charge in [-0.25, -0.2) is 0 Å². The Morgan fingerprint density at radius 2 is 1.62 bits per heavy atom. The third kappa shape index (κ3) is 3.60. The number of benzene rings is 2. The van der Waals surface area contributed by atoms with Crippen molar-refractivity contribution in [3.05, 3.63) is 94.8 Å². The number of likely N-dealkylation sites (tertiary alicyclic amines) is 1. The minimum Gasteiger partial charge on any atom is -0.341 e. The molecule has 1 amide bonds. The fourth-order valence-corrected chi connectivity index (χ4v) is 4.69. The molecule has 2 N–H and O–H groups in total. The van der Waals surface area contributed by atoms with Gasteiger partial charge >= 0.3 is 0 Å². The van der Waals surface area contributed by atoms with Gasteiger partial charge in [-0.2, -0.15) is 0 Å². The molecule has 3 atom stereocenters. The van der Waals surface area contributed by atoms with Gasteiger partial charge in [-0.15, -0.1) is 0 Å². The Hall–Kier alpha value is -2.85. The van der Waals surface area contributed by atoms with Gasteiger partial charge in [-0.1, -0.05) is 60.7 Å². The lowest BCUT2D eigenvalue weighted by Gasteiger charge is -2.20. The van der Waals surface area contributed by atoms with E-state index in [1.54, 1.807) is 0 Å². The van der Waals surface area contributed by atoms with Crippen LogP contribution in [-0.2, 0) is 0 Å². The first kappa shape index (κ1) is 19.5. The number of carbonyl (C=O) groups is 1. The van der Waals surface area contributed by atoms with Crippen molar-refractivity contribution in [2.24, 2.45) is 5.73 Å². The van der Waals surface area contributed by atoms with Gasteiger partial charge in [0.25, 0.3) is 5.91 Å². The number of rotatable bonds is 4. The average molecular weight is 388 g/mol. The number of aromatic nitrogens is 1. The minimum absolute atomic E-state index is 0.0342. The number of nitrogens with zero attached hydrogens (tertiary/aromatic N) is 2. The standard InChI is InChI=1S/C25H29N3O/c1-17-14-22(19(3)28(17)18(2)20-10-6-4-7-11-20)25(29)27-15-23(24(26)16-27)21-12-8-5-9-13-21/h4-14,18,23-24H,15-16,26H2,1-3H3/t18?,23-,24+/m0/s1. The van der Waals surface area contributed by atoms with Crippen LogP contribution in [-0.4, -0.2) is 34.5 Å². The van der Waals surface area contributed by atoms with Crippen LogP contribution in [0.3, 0.4) is 0 Å². The molecule has 4 nitrogen and oxygen atoms in total. The van der Waals surface area contributed by atoms with Gasteiger partial charge in [0, 0.05) is 36.4 Å². The number of hydrogen-bond acceptors (Lipinski definition) is 2. The summed E-state index contributed by atoms with van der Waals surface area (Å²) in [5.41, 5.74) is 11.8. The normalized spacial score (nSPS) is 20.1. The van der Waals surface area contributed by atoms with Gasteiger partial charge in [0.2, 0.25) is 0 Å². The summed E-state index contributed by atoms with van der Waals surface area (Å²) < 4.78 is 2.26. The molecular formula is C25H29N3O. The highest BCUT2D eigenvalue weighted by Gasteiger charge is 2.35. The number of carbonyl (C=O) groups excluding carboxylic acids is 1. The van der Waals surface area contributed by atoms with E-state index < -0.39 is 0 Å². The van der Waals surface area contributed by atoms with Crippen LogP contribution < -0.4 is 5.73 Å². The molecule has 1 aromatic heterocycles. The molecule has 2 heterocycles. The molecule has 4 heteroatoms. The van der Waals surface area contributed by atoms with Crippen molar-refractivity contribution in [3.8, 4) is 0 Å². The summed E-state index contributed by atoms with van der Waals surface area (Å²) in [7, 11) is 0. The minimum atomic E-state index is -0.0342. The lowest BCUT2D eigenvalue weighted by molar-refractivity contribution is 0.0788. The van der Waals surface area contributed by atoms with Gasteiger partial charge in [0.1, 0.15) is 0 Å². The van der Waals surface area contributed by atoms with E-state index >= 15 is 0 Å². The van der Waals surface area contributed by atoms with Gasteiger partial charge in [-0.05, 0) is 38.0 Å². The highest BCUT2D eigenvalue weighted by atomic mass is 16.2. The smallest absolute Gasteiger partial charge is 0.255 e. The molecule has 0 spiro atoms. The van der Waals surface area contributed by atoms with Crippen LogP contribution in [0.2, 0.25) is 0 Å². The van der Waals surface area contributed by atoms with E-state index in [9.17, 15) is 4.79 Å². The molecule has 0 bridgehead atoms. The fraction of sp³-hybridized carbons (Fsp3) is 0.320. The van der Waals surface area contributed by atoms with Crippen LogP contribution in [0.1, 0.15) is 51.8 Å². The largest absolute Gasteiger partial charge is 0.341 e. The van der Waals surface area contributed by atoms with Crippen molar-refractivity contribution < 1.29 is 4.79 Å². The summed E-state index contributed by atoms with van der Waals surface area (Å²) in [6, 6.07) is 22.9. The van der Waals surface area contributed by atoms with E-state index in [2.05, 4.69) is 54.8 Å². The van der Waals surface area contributed by atoms with E-state index in [4.69, 9.17) is 5.73 Å². The third-order valence-electron chi connectivity index (χ3n) is 6.26. The topological polar surface area (TPSA) is 51.3 Å². The van der Waals surface area contributed by atoms with Crippen molar-refractivity contribution in [1.82, 2.24) is 9.47 Å². The molecule has 3 aromatic rings. The number of nitrogens with two attached hydrogens (primary N) is 1. The van der Waals surface area contributed by atoms with Gasteiger partial charge in [-0.3, -0.25) is 4.79 Å². The Morgan fingerprint density at radius 3 is 2.28 bits per heavy atom. The lowest BCUT2D eigenvalue weighted by atomic mass is 9.95.